The lowest BCUT2D eigenvalue weighted by Gasteiger charge is -2.19. The maximum absolute atomic E-state index is 14.2. The van der Waals surface area contributed by atoms with E-state index in [0.29, 0.717) is 18.4 Å². The molecule has 204 valence electrons. The van der Waals surface area contributed by atoms with Gasteiger partial charge in [-0.1, -0.05) is 29.4 Å². The molecule has 0 bridgehead atoms. The zero-order chi connectivity index (χ0) is 28.4. The second kappa shape index (κ2) is 11.0. The first kappa shape index (κ1) is 27.9. The molecule has 0 atom stereocenters. The molecular weight excluding hydrogens is 514 g/mol. The number of benzene rings is 2. The summed E-state index contributed by atoms with van der Waals surface area (Å²) in [4.78, 5) is 20.6. The number of rotatable bonds is 7. The molecular formula is C29H27F4N3O3. The van der Waals surface area contributed by atoms with Gasteiger partial charge in [-0.15, -0.1) is 0 Å². The van der Waals surface area contributed by atoms with Crippen LogP contribution in [0.5, 0.6) is 0 Å². The van der Waals surface area contributed by atoms with Crippen molar-refractivity contribution < 1.29 is 31.6 Å². The van der Waals surface area contributed by atoms with Gasteiger partial charge in [-0.3, -0.25) is 9.78 Å². The van der Waals surface area contributed by atoms with Crippen LogP contribution in [0.3, 0.4) is 0 Å². The lowest BCUT2D eigenvalue weighted by molar-refractivity contribution is -0.154. The first-order valence-corrected chi connectivity index (χ1v) is 12.3. The molecule has 2 heterocycles. The van der Waals surface area contributed by atoms with Crippen molar-refractivity contribution in [2.75, 3.05) is 0 Å². The lowest BCUT2D eigenvalue weighted by atomic mass is 9.96. The van der Waals surface area contributed by atoms with Gasteiger partial charge in [-0.25, -0.2) is 4.39 Å². The van der Waals surface area contributed by atoms with Gasteiger partial charge in [0, 0.05) is 35.0 Å². The van der Waals surface area contributed by atoms with Crippen molar-refractivity contribution in [2.45, 2.75) is 58.7 Å². The second-order valence-electron chi connectivity index (χ2n) is 10.1. The summed E-state index contributed by atoms with van der Waals surface area (Å²) < 4.78 is 66.5. The highest BCUT2D eigenvalue weighted by Gasteiger charge is 2.35. The van der Waals surface area contributed by atoms with Crippen LogP contribution in [0.25, 0.3) is 34.0 Å². The van der Waals surface area contributed by atoms with Crippen LogP contribution in [0.15, 0.2) is 59.3 Å². The summed E-state index contributed by atoms with van der Waals surface area (Å²) in [6, 6.07) is 10.5. The fraction of sp³-hybridized carbons (Fsp3) is 0.310. The molecule has 2 aromatic heterocycles. The molecule has 0 aliphatic carbocycles. The highest BCUT2D eigenvalue weighted by Crippen LogP contribution is 2.40. The Balaban J connectivity index is 1.53. The molecule has 0 amide bonds. The van der Waals surface area contributed by atoms with E-state index in [4.69, 9.17) is 9.26 Å². The molecule has 0 aliphatic rings. The monoisotopic (exact) mass is 541 g/mol. The third-order valence-corrected chi connectivity index (χ3v) is 5.82. The summed E-state index contributed by atoms with van der Waals surface area (Å²) in [5, 5.41) is 3.91. The summed E-state index contributed by atoms with van der Waals surface area (Å²) in [5.74, 6) is -0.985. The number of pyridine rings is 1. The number of ether oxygens (including phenoxy) is 1. The van der Waals surface area contributed by atoms with Gasteiger partial charge >= 0.3 is 12.1 Å². The summed E-state index contributed by atoms with van der Waals surface area (Å²) in [7, 11) is 0. The molecule has 0 saturated carbocycles. The van der Waals surface area contributed by atoms with Crippen molar-refractivity contribution in [3.05, 3.63) is 77.4 Å². The summed E-state index contributed by atoms with van der Waals surface area (Å²) >= 11 is 0. The van der Waals surface area contributed by atoms with Crippen molar-refractivity contribution in [1.29, 1.82) is 0 Å². The number of aryl methyl sites for hydroxylation is 2. The maximum atomic E-state index is 14.2. The van der Waals surface area contributed by atoms with E-state index in [2.05, 4.69) is 15.1 Å². The molecule has 10 heteroatoms. The molecule has 6 nitrogen and oxygen atoms in total. The molecule has 0 N–H and O–H groups in total. The molecule has 0 fully saturated rings. The van der Waals surface area contributed by atoms with E-state index in [1.807, 2.05) is 27.7 Å². The zero-order valence-electron chi connectivity index (χ0n) is 21.9. The van der Waals surface area contributed by atoms with Crippen LogP contribution in [0.2, 0.25) is 0 Å². The minimum Gasteiger partial charge on any atom is -0.460 e. The summed E-state index contributed by atoms with van der Waals surface area (Å²) in [5.41, 5.74) is 0.217. The first-order valence-electron chi connectivity index (χ1n) is 12.3. The van der Waals surface area contributed by atoms with Crippen LogP contribution in [0, 0.1) is 12.7 Å². The SMILES string of the molecule is Cc1cc(-c2noc(-c3ccc(-c4ccccc4F)c(C(F)(F)F)c3)n2)cnc1CCCC(=O)OC(C)(C)C. The van der Waals surface area contributed by atoms with Gasteiger partial charge in [-0.05, 0) is 75.9 Å². The van der Waals surface area contributed by atoms with Crippen LogP contribution in [-0.4, -0.2) is 26.7 Å². The highest BCUT2D eigenvalue weighted by molar-refractivity contribution is 5.73. The van der Waals surface area contributed by atoms with Crippen molar-refractivity contribution in [2.24, 2.45) is 0 Å². The molecule has 0 radical (unpaired) electrons. The number of carbonyl (C=O) groups excluding carboxylic acids is 1. The molecule has 4 aromatic rings. The fourth-order valence-electron chi connectivity index (χ4n) is 4.06. The lowest BCUT2D eigenvalue weighted by Crippen LogP contribution is -2.23. The Hall–Kier alpha value is -4.08. The molecule has 4 rings (SSSR count). The Morgan fingerprint density at radius 1 is 1.00 bits per heavy atom. The van der Waals surface area contributed by atoms with Gasteiger partial charge in [0.15, 0.2) is 0 Å². The number of carbonyl (C=O) groups is 1. The number of halogens is 4. The number of nitrogens with zero attached hydrogens (tertiary/aromatic N) is 3. The Kier molecular flexibility index (Phi) is 7.85. The van der Waals surface area contributed by atoms with Crippen LogP contribution >= 0.6 is 0 Å². The quantitative estimate of drug-likeness (QED) is 0.177. The van der Waals surface area contributed by atoms with Crippen LogP contribution in [0.1, 0.15) is 50.4 Å². The average Bonchev–Trinajstić information content (AvgIpc) is 3.34. The predicted molar refractivity (Wildman–Crippen MR) is 137 cm³/mol. The summed E-state index contributed by atoms with van der Waals surface area (Å²) in [6.45, 7) is 7.30. The van der Waals surface area contributed by atoms with Crippen molar-refractivity contribution in [3.8, 4) is 34.0 Å². The average molecular weight is 542 g/mol. The van der Waals surface area contributed by atoms with Crippen molar-refractivity contribution in [3.63, 3.8) is 0 Å². The zero-order valence-corrected chi connectivity index (χ0v) is 21.9. The second-order valence-corrected chi connectivity index (χ2v) is 10.1. The van der Waals surface area contributed by atoms with Gasteiger partial charge in [0.05, 0.1) is 5.56 Å². The first-order chi connectivity index (χ1) is 18.3. The van der Waals surface area contributed by atoms with E-state index in [1.54, 1.807) is 12.3 Å². The highest BCUT2D eigenvalue weighted by atomic mass is 19.4. The molecule has 0 saturated heterocycles. The van der Waals surface area contributed by atoms with Gasteiger partial charge in [-0.2, -0.15) is 18.2 Å². The molecule has 39 heavy (non-hydrogen) atoms. The van der Waals surface area contributed by atoms with E-state index in [0.717, 1.165) is 23.4 Å². The standard InChI is InChI=1S/C29H27F4N3O3/c1-17-14-19(16-34-24(17)10-7-11-25(37)38-28(2,3)4)26-35-27(39-36-26)18-12-13-20(22(15-18)29(31,32)33)21-8-5-6-9-23(21)30/h5-6,8-9,12-16H,7,10-11H2,1-4H3. The smallest absolute Gasteiger partial charge is 0.417 e. The number of alkyl halides is 3. The number of esters is 1. The van der Waals surface area contributed by atoms with Crippen LogP contribution in [0.4, 0.5) is 17.6 Å². The normalized spacial score (nSPS) is 12.0. The van der Waals surface area contributed by atoms with E-state index in [-0.39, 0.29) is 40.8 Å². The molecule has 0 spiro atoms. The minimum absolute atomic E-state index is 0.0459. The van der Waals surface area contributed by atoms with Gasteiger partial charge in [0.1, 0.15) is 11.4 Å². The largest absolute Gasteiger partial charge is 0.460 e. The van der Waals surface area contributed by atoms with E-state index >= 15 is 0 Å². The van der Waals surface area contributed by atoms with Crippen LogP contribution in [-0.2, 0) is 22.1 Å². The van der Waals surface area contributed by atoms with Crippen LogP contribution < -0.4 is 0 Å². The summed E-state index contributed by atoms with van der Waals surface area (Å²) in [6.07, 6.45) is -1.79. The minimum atomic E-state index is -4.74. The Bertz CT molecular complexity index is 1490. The number of hydrogen-bond acceptors (Lipinski definition) is 6. The number of hydrogen-bond donors (Lipinski definition) is 0. The molecule has 0 aliphatic heterocycles. The van der Waals surface area contributed by atoms with E-state index in [1.165, 1.54) is 30.3 Å². The Morgan fingerprint density at radius 2 is 1.74 bits per heavy atom. The third kappa shape index (κ3) is 6.87. The third-order valence-electron chi connectivity index (χ3n) is 5.82. The fourth-order valence-corrected chi connectivity index (χ4v) is 4.06. The predicted octanol–water partition coefficient (Wildman–Crippen LogP) is 7.60. The maximum Gasteiger partial charge on any atom is 0.417 e. The Morgan fingerprint density at radius 3 is 2.41 bits per heavy atom. The van der Waals surface area contributed by atoms with Gasteiger partial charge in [0.25, 0.3) is 5.89 Å². The van der Waals surface area contributed by atoms with E-state index in [9.17, 15) is 22.4 Å². The van der Waals surface area contributed by atoms with Crippen molar-refractivity contribution >= 4 is 5.97 Å². The number of aromatic nitrogens is 3. The van der Waals surface area contributed by atoms with E-state index < -0.39 is 23.2 Å². The topological polar surface area (TPSA) is 78.1 Å². The Labute approximate surface area is 223 Å². The molecule has 0 unspecified atom stereocenters. The van der Waals surface area contributed by atoms with Gasteiger partial charge < -0.3 is 9.26 Å². The van der Waals surface area contributed by atoms with Crippen molar-refractivity contribution in [1.82, 2.24) is 15.1 Å². The van der Waals surface area contributed by atoms with Gasteiger partial charge in [0.2, 0.25) is 5.82 Å². The molecule has 2 aromatic carbocycles.